The van der Waals surface area contributed by atoms with Crippen molar-refractivity contribution in [2.75, 3.05) is 31.3 Å². The highest BCUT2D eigenvalue weighted by Gasteiger charge is 2.36. The fraction of sp³-hybridized carbons (Fsp3) is 0.429. The normalized spacial score (nSPS) is 14.2. The maximum atomic E-state index is 12.0. The van der Waals surface area contributed by atoms with Crippen LogP contribution < -0.4 is 4.90 Å². The number of hydrogen-bond acceptors (Lipinski definition) is 4. The number of carbonyl (C=O) groups excluding carboxylic acids is 2. The highest BCUT2D eigenvalue weighted by molar-refractivity contribution is 6.52. The molecule has 0 saturated heterocycles. The maximum Gasteiger partial charge on any atom is 0.299 e. The second-order valence-electron chi connectivity index (χ2n) is 4.60. The van der Waals surface area contributed by atoms with Crippen molar-refractivity contribution in [3.8, 4) is 0 Å². The number of aryl methyl sites for hydroxylation is 2. The lowest BCUT2D eigenvalue weighted by atomic mass is 10.0. The number of carbonyl (C=O) groups is 2. The van der Waals surface area contributed by atoms with Crippen LogP contribution in [0.15, 0.2) is 12.1 Å². The molecule has 1 aromatic carbocycles. The zero-order chi connectivity index (χ0) is 14.0. The number of Topliss-reactive ketones (excluding diaryl/α,β-unsaturated/α-hetero) is 1. The summed E-state index contributed by atoms with van der Waals surface area (Å²) in [7, 11) is 0. The van der Waals surface area contributed by atoms with Crippen LogP contribution in [0.5, 0.6) is 0 Å². The summed E-state index contributed by atoms with van der Waals surface area (Å²) in [5.74, 6) is -0.953. The summed E-state index contributed by atoms with van der Waals surface area (Å²) in [5, 5.41) is 8.62. The minimum absolute atomic E-state index is 0.0539. The molecule has 1 aliphatic rings. The maximum absolute atomic E-state index is 12.0. The van der Waals surface area contributed by atoms with Crippen LogP contribution in [-0.2, 0) is 9.53 Å². The lowest BCUT2D eigenvalue weighted by Crippen LogP contribution is -2.33. The molecule has 0 aromatic heterocycles. The molecule has 1 heterocycles. The van der Waals surface area contributed by atoms with Gasteiger partial charge in [-0.05, 0) is 31.0 Å². The molecule has 5 heteroatoms. The summed E-state index contributed by atoms with van der Waals surface area (Å²) in [5.41, 5.74) is 3.00. The molecule has 0 unspecified atom stereocenters. The number of nitrogens with zero attached hydrogens (tertiary/aromatic N) is 1. The number of anilines is 1. The minimum Gasteiger partial charge on any atom is -0.394 e. The Labute approximate surface area is 111 Å². The summed E-state index contributed by atoms with van der Waals surface area (Å²) in [6, 6.07) is 3.74. The van der Waals surface area contributed by atoms with E-state index < -0.39 is 11.7 Å². The molecule has 0 spiro atoms. The Bertz CT molecular complexity index is 524. The van der Waals surface area contributed by atoms with Gasteiger partial charge in [0.1, 0.15) is 0 Å². The Morgan fingerprint density at radius 1 is 1.21 bits per heavy atom. The summed E-state index contributed by atoms with van der Waals surface area (Å²) in [4.78, 5) is 25.4. The SMILES string of the molecule is Cc1cc(C)c2c(c1)N(CCOCCO)C(=O)C2=O. The van der Waals surface area contributed by atoms with Crippen LogP contribution >= 0.6 is 0 Å². The average molecular weight is 263 g/mol. The monoisotopic (exact) mass is 263 g/mol. The molecule has 0 atom stereocenters. The van der Waals surface area contributed by atoms with E-state index in [2.05, 4.69) is 0 Å². The smallest absolute Gasteiger partial charge is 0.299 e. The molecule has 0 fully saturated rings. The highest BCUT2D eigenvalue weighted by Crippen LogP contribution is 2.32. The number of amides is 1. The Hall–Kier alpha value is -1.72. The second-order valence-corrected chi connectivity index (χ2v) is 4.60. The quantitative estimate of drug-likeness (QED) is 0.631. The molecule has 1 N–H and O–H groups in total. The first kappa shape index (κ1) is 13.7. The first-order valence-electron chi connectivity index (χ1n) is 6.22. The summed E-state index contributed by atoms with van der Waals surface area (Å²) < 4.78 is 5.15. The Morgan fingerprint density at radius 3 is 2.63 bits per heavy atom. The van der Waals surface area contributed by atoms with Crippen molar-refractivity contribution in [1.82, 2.24) is 0 Å². The van der Waals surface area contributed by atoms with E-state index in [1.165, 1.54) is 4.90 Å². The number of benzene rings is 1. The molecule has 1 aromatic rings. The summed E-state index contributed by atoms with van der Waals surface area (Å²) >= 11 is 0. The molecule has 0 aliphatic carbocycles. The minimum atomic E-state index is -0.503. The number of aliphatic hydroxyl groups is 1. The zero-order valence-corrected chi connectivity index (χ0v) is 11.1. The van der Waals surface area contributed by atoms with E-state index in [4.69, 9.17) is 9.84 Å². The van der Waals surface area contributed by atoms with Gasteiger partial charge in [-0.15, -0.1) is 0 Å². The van der Waals surface area contributed by atoms with E-state index in [0.29, 0.717) is 24.4 Å². The Balaban J connectivity index is 2.23. The van der Waals surface area contributed by atoms with Crippen LogP contribution in [-0.4, -0.2) is 43.2 Å². The number of aliphatic hydroxyl groups excluding tert-OH is 1. The lowest BCUT2D eigenvalue weighted by molar-refractivity contribution is -0.114. The van der Waals surface area contributed by atoms with Gasteiger partial charge >= 0.3 is 0 Å². The van der Waals surface area contributed by atoms with Gasteiger partial charge in [0.05, 0.1) is 31.1 Å². The first-order chi connectivity index (χ1) is 9.06. The standard InChI is InChI=1S/C14H17NO4/c1-9-7-10(2)12-11(8-9)15(14(18)13(12)17)3-5-19-6-4-16/h7-8,16H,3-6H2,1-2H3. The third-order valence-electron chi connectivity index (χ3n) is 3.11. The molecule has 1 aliphatic heterocycles. The van der Waals surface area contributed by atoms with Crippen molar-refractivity contribution in [3.05, 3.63) is 28.8 Å². The number of ether oxygens (including phenoxy) is 1. The molecule has 2 rings (SSSR count). The van der Waals surface area contributed by atoms with Crippen LogP contribution in [0.3, 0.4) is 0 Å². The molecule has 5 nitrogen and oxygen atoms in total. The zero-order valence-electron chi connectivity index (χ0n) is 11.1. The van der Waals surface area contributed by atoms with Gasteiger partial charge in [0.2, 0.25) is 0 Å². The number of fused-ring (bicyclic) bond motifs is 1. The van der Waals surface area contributed by atoms with E-state index in [-0.39, 0.29) is 13.2 Å². The van der Waals surface area contributed by atoms with Gasteiger partial charge < -0.3 is 14.7 Å². The Morgan fingerprint density at radius 2 is 1.95 bits per heavy atom. The van der Waals surface area contributed by atoms with Gasteiger partial charge in [-0.25, -0.2) is 0 Å². The first-order valence-corrected chi connectivity index (χ1v) is 6.22. The molecule has 0 saturated carbocycles. The Kier molecular flexibility index (Phi) is 3.97. The molecule has 19 heavy (non-hydrogen) atoms. The number of rotatable bonds is 5. The van der Waals surface area contributed by atoms with Crippen LogP contribution in [0.25, 0.3) is 0 Å². The third-order valence-corrected chi connectivity index (χ3v) is 3.11. The average Bonchev–Trinajstić information content (AvgIpc) is 2.59. The van der Waals surface area contributed by atoms with Crippen LogP contribution in [0, 0.1) is 13.8 Å². The lowest BCUT2D eigenvalue weighted by Gasteiger charge is -2.17. The number of ketones is 1. The van der Waals surface area contributed by atoms with Gasteiger partial charge in [-0.2, -0.15) is 0 Å². The topological polar surface area (TPSA) is 66.8 Å². The van der Waals surface area contributed by atoms with Gasteiger partial charge in [0.15, 0.2) is 0 Å². The molecule has 0 bridgehead atoms. The van der Waals surface area contributed by atoms with Gasteiger partial charge in [0.25, 0.3) is 11.7 Å². The van der Waals surface area contributed by atoms with Gasteiger partial charge in [-0.3, -0.25) is 9.59 Å². The van der Waals surface area contributed by atoms with Crippen LogP contribution in [0.4, 0.5) is 5.69 Å². The van der Waals surface area contributed by atoms with Crippen molar-refractivity contribution in [2.24, 2.45) is 0 Å². The largest absolute Gasteiger partial charge is 0.394 e. The van der Waals surface area contributed by atoms with E-state index >= 15 is 0 Å². The molecular weight excluding hydrogens is 246 g/mol. The van der Waals surface area contributed by atoms with E-state index in [0.717, 1.165) is 11.1 Å². The molecule has 1 amide bonds. The van der Waals surface area contributed by atoms with Gasteiger partial charge in [-0.1, -0.05) is 6.07 Å². The van der Waals surface area contributed by atoms with E-state index in [9.17, 15) is 9.59 Å². The predicted octanol–water partition coefficient (Wildman–Crippen LogP) is 0.842. The molecule has 102 valence electrons. The second kappa shape index (κ2) is 5.50. The van der Waals surface area contributed by atoms with Crippen LogP contribution in [0.2, 0.25) is 0 Å². The fourth-order valence-electron chi connectivity index (χ4n) is 2.34. The van der Waals surface area contributed by atoms with Crippen molar-refractivity contribution in [1.29, 1.82) is 0 Å². The predicted molar refractivity (Wildman–Crippen MR) is 70.5 cm³/mol. The van der Waals surface area contributed by atoms with E-state index in [1.54, 1.807) is 0 Å². The van der Waals surface area contributed by atoms with Crippen LogP contribution in [0.1, 0.15) is 21.5 Å². The van der Waals surface area contributed by atoms with Crippen molar-refractivity contribution < 1.29 is 19.4 Å². The summed E-state index contributed by atoms with van der Waals surface area (Å²) in [6.07, 6.45) is 0. The van der Waals surface area contributed by atoms with Crippen molar-refractivity contribution in [2.45, 2.75) is 13.8 Å². The fourth-order valence-corrected chi connectivity index (χ4v) is 2.34. The van der Waals surface area contributed by atoms with Gasteiger partial charge in [0, 0.05) is 6.54 Å². The molecule has 0 radical (unpaired) electrons. The van der Waals surface area contributed by atoms with E-state index in [1.807, 2.05) is 26.0 Å². The van der Waals surface area contributed by atoms with Crippen molar-refractivity contribution >= 4 is 17.4 Å². The summed E-state index contributed by atoms with van der Waals surface area (Å²) in [6.45, 7) is 4.56. The number of hydrogen-bond donors (Lipinski definition) is 1. The molecular formula is C14H17NO4. The highest BCUT2D eigenvalue weighted by atomic mass is 16.5. The van der Waals surface area contributed by atoms with Crippen molar-refractivity contribution in [3.63, 3.8) is 0 Å². The third kappa shape index (κ3) is 2.52.